The van der Waals surface area contributed by atoms with Crippen LogP contribution in [0.1, 0.15) is 100 Å². The van der Waals surface area contributed by atoms with E-state index < -0.39 is 22.8 Å². The molecule has 0 aliphatic heterocycles. The molecular formula is C37H53N9O4. The van der Waals surface area contributed by atoms with Crippen molar-refractivity contribution in [3.05, 3.63) is 76.8 Å². The molecule has 2 heterocycles. The number of rotatable bonds is 13. The van der Waals surface area contributed by atoms with Gasteiger partial charge in [0.2, 0.25) is 5.82 Å². The molecule has 1 aliphatic carbocycles. The van der Waals surface area contributed by atoms with E-state index in [9.17, 15) is 9.59 Å². The Hall–Kier alpha value is -4.62. The number of pyridine rings is 1. The summed E-state index contributed by atoms with van der Waals surface area (Å²) in [5, 5.41) is 25.9. The van der Waals surface area contributed by atoms with Gasteiger partial charge in [-0.05, 0) is 49.6 Å². The van der Waals surface area contributed by atoms with E-state index in [0.717, 1.165) is 24.1 Å². The maximum Gasteiger partial charge on any atom is 0.320 e. The van der Waals surface area contributed by atoms with E-state index in [2.05, 4.69) is 30.8 Å². The minimum atomic E-state index is -0.446. The van der Waals surface area contributed by atoms with Crippen molar-refractivity contribution in [3.8, 4) is 5.75 Å². The molecule has 0 spiro atoms. The molecule has 3 aromatic rings. The van der Waals surface area contributed by atoms with E-state index in [0.29, 0.717) is 49.8 Å². The molecule has 0 saturated heterocycles. The van der Waals surface area contributed by atoms with E-state index in [1.165, 1.54) is 0 Å². The van der Waals surface area contributed by atoms with Crippen LogP contribution in [0.3, 0.4) is 0 Å². The van der Waals surface area contributed by atoms with Gasteiger partial charge in [-0.25, -0.2) is 14.8 Å². The normalized spacial score (nSPS) is 16.0. The predicted molar refractivity (Wildman–Crippen MR) is 194 cm³/mol. The van der Waals surface area contributed by atoms with Crippen molar-refractivity contribution in [2.24, 2.45) is 5.41 Å². The van der Waals surface area contributed by atoms with Crippen LogP contribution in [-0.4, -0.2) is 77.6 Å². The standard InChI is InChI=1S/C37H53N9O4/c1-9-37(5,6)34(39)46-23-24(14-17-30(46)38)50-28-16-15-27(25-12-10-11-13-26(25)28)41-35(48)44-31-22-29(36(2,3)4)42-32(43-31)33(47)40-18-19-45(7)20-21-49-8/h10-14,17,22-23,27-28,38-39H,9,15-16,18-21H2,1-8H3,(H,40,47)(H2,41,42,43,44,48)/t27-,28+/m0/s1. The molecule has 4 rings (SSSR count). The Morgan fingerprint density at radius 2 is 1.76 bits per heavy atom. The van der Waals surface area contributed by atoms with E-state index in [4.69, 9.17) is 20.3 Å². The third kappa shape index (κ3) is 9.75. The first-order valence-corrected chi connectivity index (χ1v) is 17.2. The minimum absolute atomic E-state index is 0.0107. The first-order chi connectivity index (χ1) is 23.6. The molecular weight excluding hydrogens is 634 g/mol. The Morgan fingerprint density at radius 1 is 1.04 bits per heavy atom. The maximum absolute atomic E-state index is 13.4. The number of aromatic nitrogens is 3. The summed E-state index contributed by atoms with van der Waals surface area (Å²) >= 11 is 0. The molecule has 0 unspecified atom stereocenters. The van der Waals surface area contributed by atoms with E-state index in [-0.39, 0.29) is 29.3 Å². The molecule has 270 valence electrons. The van der Waals surface area contributed by atoms with Crippen LogP contribution in [0.5, 0.6) is 5.75 Å². The van der Waals surface area contributed by atoms with Gasteiger partial charge in [0, 0.05) is 43.6 Å². The first kappa shape index (κ1) is 38.2. The molecule has 2 atom stereocenters. The monoisotopic (exact) mass is 687 g/mol. The lowest BCUT2D eigenvalue weighted by Crippen LogP contribution is -2.37. The van der Waals surface area contributed by atoms with Crippen molar-refractivity contribution in [1.82, 2.24) is 30.1 Å². The largest absolute Gasteiger partial charge is 0.484 e. The first-order valence-electron chi connectivity index (χ1n) is 17.2. The second-order valence-electron chi connectivity index (χ2n) is 14.4. The van der Waals surface area contributed by atoms with Gasteiger partial charge in [-0.3, -0.25) is 25.5 Å². The highest BCUT2D eigenvalue weighted by Crippen LogP contribution is 2.39. The molecule has 2 aromatic heterocycles. The Labute approximate surface area is 295 Å². The fourth-order valence-electron chi connectivity index (χ4n) is 5.52. The lowest BCUT2D eigenvalue weighted by molar-refractivity contribution is 0.0936. The molecule has 1 aromatic carbocycles. The molecule has 1 aliphatic rings. The third-order valence-electron chi connectivity index (χ3n) is 9.10. The maximum atomic E-state index is 13.4. The molecule has 13 nitrogen and oxygen atoms in total. The zero-order valence-corrected chi connectivity index (χ0v) is 30.6. The Bertz CT molecular complexity index is 1730. The van der Waals surface area contributed by atoms with Gasteiger partial charge < -0.3 is 25.0 Å². The highest BCUT2D eigenvalue weighted by Gasteiger charge is 2.30. The second-order valence-corrected chi connectivity index (χ2v) is 14.4. The molecule has 5 N–H and O–H groups in total. The van der Waals surface area contributed by atoms with Gasteiger partial charge in [0.1, 0.15) is 29.0 Å². The number of fused-ring (bicyclic) bond motifs is 1. The lowest BCUT2D eigenvalue weighted by atomic mass is 9.85. The molecule has 0 bridgehead atoms. The quantitative estimate of drug-likeness (QED) is 0.118. The Balaban J connectivity index is 1.47. The predicted octanol–water partition coefficient (Wildman–Crippen LogP) is 5.40. The van der Waals surface area contributed by atoms with Gasteiger partial charge in [0.05, 0.1) is 24.5 Å². The summed E-state index contributed by atoms with van der Waals surface area (Å²) < 4.78 is 13.1. The highest BCUT2D eigenvalue weighted by molar-refractivity contribution is 5.92. The summed E-state index contributed by atoms with van der Waals surface area (Å²) in [6, 6.07) is 12.2. The lowest BCUT2D eigenvalue weighted by Gasteiger charge is -2.32. The fraction of sp³-hybridized carbons (Fsp3) is 0.514. The van der Waals surface area contributed by atoms with Gasteiger partial charge >= 0.3 is 6.03 Å². The van der Waals surface area contributed by atoms with Gasteiger partial charge in [0.15, 0.2) is 0 Å². The van der Waals surface area contributed by atoms with Crippen LogP contribution in [0.4, 0.5) is 10.6 Å². The third-order valence-corrected chi connectivity index (χ3v) is 9.10. The topological polar surface area (TPSA) is 170 Å². The number of likely N-dealkylation sites (N-methyl/N-ethyl adjacent to an activating group) is 1. The van der Waals surface area contributed by atoms with Crippen molar-refractivity contribution >= 4 is 23.6 Å². The number of amides is 3. The fourth-order valence-corrected chi connectivity index (χ4v) is 5.52. The van der Waals surface area contributed by atoms with E-state index in [1.807, 2.05) is 72.9 Å². The Morgan fingerprint density at radius 3 is 2.44 bits per heavy atom. The van der Waals surface area contributed by atoms with Gasteiger partial charge in [-0.15, -0.1) is 0 Å². The van der Waals surface area contributed by atoms with Crippen molar-refractivity contribution in [2.45, 2.75) is 78.4 Å². The second kappa shape index (κ2) is 16.4. The van der Waals surface area contributed by atoms with Gasteiger partial charge in [0.25, 0.3) is 5.91 Å². The number of anilines is 1. The number of nitrogens with one attached hydrogen (secondary N) is 5. The molecule has 50 heavy (non-hydrogen) atoms. The van der Waals surface area contributed by atoms with Gasteiger partial charge in [-0.1, -0.05) is 65.8 Å². The van der Waals surface area contributed by atoms with Crippen LogP contribution in [0, 0.1) is 16.2 Å². The summed E-state index contributed by atoms with van der Waals surface area (Å²) in [6.07, 6.45) is 3.46. The van der Waals surface area contributed by atoms with E-state index >= 15 is 0 Å². The number of nitrogens with zero attached hydrogens (tertiary/aromatic N) is 4. The number of hydrogen-bond acceptors (Lipinski definition) is 9. The summed E-state index contributed by atoms with van der Waals surface area (Å²) in [6.45, 7) is 14.4. The van der Waals surface area contributed by atoms with Gasteiger partial charge in [-0.2, -0.15) is 0 Å². The molecule has 3 amide bonds. The van der Waals surface area contributed by atoms with Crippen LogP contribution in [-0.2, 0) is 10.2 Å². The van der Waals surface area contributed by atoms with Crippen molar-refractivity contribution in [3.63, 3.8) is 0 Å². The van der Waals surface area contributed by atoms with Crippen LogP contribution in [0.25, 0.3) is 0 Å². The molecule has 0 fully saturated rings. The molecule has 0 radical (unpaired) electrons. The summed E-state index contributed by atoms with van der Waals surface area (Å²) in [4.78, 5) is 37.4. The smallest absolute Gasteiger partial charge is 0.320 e. The van der Waals surface area contributed by atoms with Crippen molar-refractivity contribution in [1.29, 1.82) is 10.8 Å². The number of benzene rings is 1. The molecule has 0 saturated carbocycles. The summed E-state index contributed by atoms with van der Waals surface area (Å²) in [7, 11) is 3.61. The van der Waals surface area contributed by atoms with Crippen LogP contribution in [0.2, 0.25) is 0 Å². The number of methoxy groups -OCH3 is 1. The Kier molecular flexibility index (Phi) is 12.5. The average molecular weight is 688 g/mol. The highest BCUT2D eigenvalue weighted by atomic mass is 16.5. The van der Waals surface area contributed by atoms with Crippen LogP contribution >= 0.6 is 0 Å². The van der Waals surface area contributed by atoms with Crippen molar-refractivity contribution < 1.29 is 19.1 Å². The molecule has 13 heteroatoms. The summed E-state index contributed by atoms with van der Waals surface area (Å²) in [5.41, 5.74) is 1.95. The van der Waals surface area contributed by atoms with Crippen molar-refractivity contribution in [2.75, 3.05) is 45.7 Å². The number of carbonyl (C=O) groups excluding carboxylic acids is 2. The number of hydrogen-bond donors (Lipinski definition) is 5. The zero-order chi connectivity index (χ0) is 36.6. The van der Waals surface area contributed by atoms with Crippen LogP contribution in [0.15, 0.2) is 48.7 Å². The number of ether oxygens (including phenoxy) is 2. The summed E-state index contributed by atoms with van der Waals surface area (Å²) in [5.74, 6) is 0.711. The SMILES string of the molecule is CCC(C)(C)C(=N)n1cc(O[C@@H]2CC[C@H](NC(=O)Nc3cc(C(C)(C)C)nc(C(=O)NCCN(C)CCOC)n3)c3ccccc32)ccc1=N. The number of carbonyl (C=O) groups is 2. The minimum Gasteiger partial charge on any atom is -0.484 e. The van der Waals surface area contributed by atoms with E-state index in [1.54, 1.807) is 36.1 Å². The number of urea groups is 1. The zero-order valence-electron chi connectivity index (χ0n) is 30.6. The van der Waals surface area contributed by atoms with Crippen LogP contribution < -0.4 is 26.2 Å². The average Bonchev–Trinajstić information content (AvgIpc) is 3.08.